The summed E-state index contributed by atoms with van der Waals surface area (Å²) in [5.41, 5.74) is 5.67. The van der Waals surface area contributed by atoms with Crippen LogP contribution in [0.15, 0.2) is 41.8 Å². The number of aryl methyl sites for hydroxylation is 2. The highest BCUT2D eigenvalue weighted by Gasteiger charge is 2.22. The fraction of sp³-hybridized carbons (Fsp3) is 0.350. The van der Waals surface area contributed by atoms with Gasteiger partial charge in [0.1, 0.15) is 0 Å². The molecule has 1 fully saturated rings. The number of rotatable bonds is 6. The monoisotopic (exact) mass is 369 g/mol. The van der Waals surface area contributed by atoms with E-state index >= 15 is 0 Å². The summed E-state index contributed by atoms with van der Waals surface area (Å²) in [7, 11) is 0. The lowest BCUT2D eigenvalue weighted by Gasteiger charge is -2.13. The topological polar surface area (TPSA) is 48.3 Å². The average Bonchev–Trinajstić information content (AvgIpc) is 3.36. The van der Waals surface area contributed by atoms with Crippen LogP contribution in [0, 0.1) is 13.8 Å². The van der Waals surface area contributed by atoms with Crippen molar-refractivity contribution in [1.29, 1.82) is 0 Å². The summed E-state index contributed by atoms with van der Waals surface area (Å²) >= 11 is 1.74. The van der Waals surface area contributed by atoms with E-state index < -0.39 is 0 Å². The fourth-order valence-corrected chi connectivity index (χ4v) is 4.16. The zero-order chi connectivity index (χ0) is 17.9. The molecule has 0 spiro atoms. The molecule has 6 heteroatoms. The number of para-hydroxylation sites is 1. The van der Waals surface area contributed by atoms with Crippen LogP contribution in [0.25, 0.3) is 5.69 Å². The van der Waals surface area contributed by atoms with E-state index in [1.807, 2.05) is 11.6 Å². The molecular formula is C20H23N3O2S. The van der Waals surface area contributed by atoms with E-state index in [4.69, 9.17) is 9.47 Å². The number of hydrogen-bond donors (Lipinski definition) is 1. The summed E-state index contributed by atoms with van der Waals surface area (Å²) in [5.74, 6) is 0. The Morgan fingerprint density at radius 2 is 1.96 bits per heavy atom. The molecule has 3 aromatic rings. The normalized spacial score (nSPS) is 15.0. The van der Waals surface area contributed by atoms with Gasteiger partial charge in [0.05, 0.1) is 24.6 Å². The van der Waals surface area contributed by atoms with E-state index in [1.165, 1.54) is 10.4 Å². The Labute approximate surface area is 157 Å². The molecule has 1 saturated heterocycles. The first-order valence-electron chi connectivity index (χ1n) is 8.84. The number of hydrogen-bond acceptors (Lipinski definition) is 5. The maximum Gasteiger partial charge on any atom is 0.185 e. The van der Waals surface area contributed by atoms with Crippen LogP contribution in [-0.4, -0.2) is 23.0 Å². The van der Waals surface area contributed by atoms with E-state index in [-0.39, 0.29) is 6.29 Å². The largest absolute Gasteiger partial charge is 0.346 e. The van der Waals surface area contributed by atoms with Gasteiger partial charge in [0, 0.05) is 29.2 Å². The number of aromatic nitrogens is 2. The average molecular weight is 369 g/mol. The molecular weight excluding hydrogens is 346 g/mol. The van der Waals surface area contributed by atoms with Crippen molar-refractivity contribution in [2.45, 2.75) is 33.2 Å². The smallest absolute Gasteiger partial charge is 0.185 e. The minimum atomic E-state index is -0.208. The molecule has 1 aliphatic rings. The van der Waals surface area contributed by atoms with Crippen molar-refractivity contribution in [3.05, 3.63) is 69.2 Å². The van der Waals surface area contributed by atoms with Crippen molar-refractivity contribution in [3.8, 4) is 5.69 Å². The van der Waals surface area contributed by atoms with Crippen molar-refractivity contribution in [2.75, 3.05) is 13.2 Å². The van der Waals surface area contributed by atoms with Gasteiger partial charge in [-0.2, -0.15) is 5.10 Å². The molecule has 2 aromatic heterocycles. The van der Waals surface area contributed by atoms with Crippen LogP contribution in [0.3, 0.4) is 0 Å². The van der Waals surface area contributed by atoms with Crippen molar-refractivity contribution < 1.29 is 9.47 Å². The Bertz CT molecular complexity index is 881. The zero-order valence-corrected chi connectivity index (χ0v) is 15.9. The third kappa shape index (κ3) is 3.59. The van der Waals surface area contributed by atoms with Crippen LogP contribution in [0.2, 0.25) is 0 Å². The van der Waals surface area contributed by atoms with Gasteiger partial charge in [-0.05, 0) is 43.0 Å². The third-order valence-corrected chi connectivity index (χ3v) is 5.42. The summed E-state index contributed by atoms with van der Waals surface area (Å²) in [6, 6.07) is 12.6. The molecule has 0 bridgehead atoms. The first-order valence-corrected chi connectivity index (χ1v) is 9.72. The lowest BCUT2D eigenvalue weighted by Crippen LogP contribution is -2.16. The molecule has 0 aliphatic carbocycles. The van der Waals surface area contributed by atoms with Gasteiger partial charge in [-0.3, -0.25) is 0 Å². The molecule has 0 atom stereocenters. The number of ether oxygens (including phenoxy) is 2. The maximum absolute atomic E-state index is 5.64. The summed E-state index contributed by atoms with van der Waals surface area (Å²) < 4.78 is 13.3. The summed E-state index contributed by atoms with van der Waals surface area (Å²) in [6.07, 6.45) is -0.208. The molecule has 1 aliphatic heterocycles. The Kier molecular flexibility index (Phi) is 5.17. The zero-order valence-electron chi connectivity index (χ0n) is 15.1. The minimum absolute atomic E-state index is 0.208. The second-order valence-corrected chi connectivity index (χ2v) is 7.44. The summed E-state index contributed by atoms with van der Waals surface area (Å²) in [6.45, 7) is 7.02. The van der Waals surface area contributed by atoms with Gasteiger partial charge in [0.15, 0.2) is 6.29 Å². The lowest BCUT2D eigenvalue weighted by atomic mass is 10.1. The first-order chi connectivity index (χ1) is 12.7. The van der Waals surface area contributed by atoms with Crippen molar-refractivity contribution >= 4 is 11.3 Å². The number of nitrogens with one attached hydrogen (secondary N) is 1. The van der Waals surface area contributed by atoms with Gasteiger partial charge in [0.2, 0.25) is 0 Å². The Balaban J connectivity index is 1.46. The van der Waals surface area contributed by atoms with Gasteiger partial charge < -0.3 is 14.8 Å². The Morgan fingerprint density at radius 1 is 1.15 bits per heavy atom. The van der Waals surface area contributed by atoms with E-state index in [1.54, 1.807) is 11.3 Å². The first kappa shape index (κ1) is 17.4. The van der Waals surface area contributed by atoms with Gasteiger partial charge in [-0.1, -0.05) is 18.2 Å². The van der Waals surface area contributed by atoms with Crippen LogP contribution < -0.4 is 5.32 Å². The molecule has 0 saturated carbocycles. The van der Waals surface area contributed by atoms with Crippen molar-refractivity contribution in [2.24, 2.45) is 0 Å². The molecule has 0 unspecified atom stereocenters. The second kappa shape index (κ2) is 7.72. The van der Waals surface area contributed by atoms with Gasteiger partial charge in [0.25, 0.3) is 0 Å². The highest BCUT2D eigenvalue weighted by atomic mass is 32.1. The molecule has 3 heterocycles. The van der Waals surface area contributed by atoms with Crippen molar-refractivity contribution in [1.82, 2.24) is 15.1 Å². The predicted molar refractivity (Wildman–Crippen MR) is 103 cm³/mol. The molecule has 4 rings (SSSR count). The SMILES string of the molecule is Cc1cc(C)n(-c2ccccc2CNCc2sccc2C2OCCO2)n1. The van der Waals surface area contributed by atoms with Crippen LogP contribution in [0.1, 0.15) is 33.7 Å². The van der Waals surface area contributed by atoms with Gasteiger partial charge in [-0.15, -0.1) is 11.3 Å². The standard InChI is InChI=1S/C20H23N3O2S/c1-14-11-15(2)23(22-14)18-6-4-3-5-16(18)12-21-13-19-17(7-10-26-19)20-24-8-9-25-20/h3-7,10-11,20-21H,8-9,12-13H2,1-2H3. The molecule has 26 heavy (non-hydrogen) atoms. The van der Waals surface area contributed by atoms with Crippen molar-refractivity contribution in [3.63, 3.8) is 0 Å². The van der Waals surface area contributed by atoms with Crippen LogP contribution in [0.5, 0.6) is 0 Å². The second-order valence-electron chi connectivity index (χ2n) is 6.44. The number of nitrogens with zero attached hydrogens (tertiary/aromatic N) is 2. The lowest BCUT2D eigenvalue weighted by molar-refractivity contribution is -0.0444. The molecule has 1 aromatic carbocycles. The third-order valence-electron chi connectivity index (χ3n) is 4.49. The highest BCUT2D eigenvalue weighted by Crippen LogP contribution is 2.29. The Hall–Kier alpha value is -1.99. The van der Waals surface area contributed by atoms with E-state index in [9.17, 15) is 0 Å². The molecule has 0 radical (unpaired) electrons. The van der Waals surface area contributed by atoms with E-state index in [2.05, 4.69) is 59.1 Å². The van der Waals surface area contributed by atoms with Gasteiger partial charge in [-0.25, -0.2) is 4.68 Å². The van der Waals surface area contributed by atoms with E-state index in [0.29, 0.717) is 13.2 Å². The maximum atomic E-state index is 5.64. The molecule has 136 valence electrons. The molecule has 1 N–H and O–H groups in total. The van der Waals surface area contributed by atoms with Crippen LogP contribution in [-0.2, 0) is 22.6 Å². The summed E-state index contributed by atoms with van der Waals surface area (Å²) in [4.78, 5) is 1.26. The van der Waals surface area contributed by atoms with Crippen LogP contribution >= 0.6 is 11.3 Å². The predicted octanol–water partition coefficient (Wildman–Crippen LogP) is 3.89. The highest BCUT2D eigenvalue weighted by molar-refractivity contribution is 7.10. The number of thiophene rings is 1. The van der Waals surface area contributed by atoms with Gasteiger partial charge >= 0.3 is 0 Å². The minimum Gasteiger partial charge on any atom is -0.346 e. The molecule has 5 nitrogen and oxygen atoms in total. The number of benzene rings is 1. The molecule has 0 amide bonds. The fourth-order valence-electron chi connectivity index (χ4n) is 3.29. The van der Waals surface area contributed by atoms with Crippen LogP contribution in [0.4, 0.5) is 0 Å². The quantitative estimate of drug-likeness (QED) is 0.716. The van der Waals surface area contributed by atoms with E-state index in [0.717, 1.165) is 35.7 Å². The summed E-state index contributed by atoms with van der Waals surface area (Å²) in [5, 5.41) is 10.3. The Morgan fingerprint density at radius 3 is 2.73 bits per heavy atom.